The fourth-order valence-electron chi connectivity index (χ4n) is 4.81. The van der Waals surface area contributed by atoms with Gasteiger partial charge in [0.2, 0.25) is 0 Å². The highest BCUT2D eigenvalue weighted by atomic mass is 32.1. The third-order valence-electron chi connectivity index (χ3n) is 6.62. The predicted octanol–water partition coefficient (Wildman–Crippen LogP) is 4.36. The molecule has 2 N–H and O–H groups in total. The summed E-state index contributed by atoms with van der Waals surface area (Å²) >= 11 is 1.32. The number of anilines is 1. The number of aromatic nitrogens is 2. The number of hydrogen-bond donors (Lipinski definition) is 2. The highest BCUT2D eigenvalue weighted by molar-refractivity contribution is 7.07. The number of allylic oxidation sites excluding steroid dienone is 1. The Morgan fingerprint density at radius 1 is 1.08 bits per heavy atom. The van der Waals surface area contributed by atoms with Gasteiger partial charge in [0.15, 0.2) is 4.80 Å². The molecule has 3 aromatic carbocycles. The van der Waals surface area contributed by atoms with E-state index in [1.165, 1.54) is 11.3 Å². The normalized spacial score (nSPS) is 15.3. The minimum atomic E-state index is -0.671. The molecule has 0 bridgehead atoms. The zero-order chi connectivity index (χ0) is 26.2. The number of para-hydroxylation sites is 2. The van der Waals surface area contributed by atoms with Gasteiger partial charge in [-0.2, -0.15) is 0 Å². The number of rotatable bonds is 5. The number of carbonyl (C=O) groups excluding carboxylic acids is 1. The van der Waals surface area contributed by atoms with Crippen molar-refractivity contribution in [3.63, 3.8) is 0 Å². The van der Waals surface area contributed by atoms with Gasteiger partial charge in [-0.1, -0.05) is 59.9 Å². The lowest BCUT2D eigenvalue weighted by Crippen LogP contribution is -2.40. The largest absolute Gasteiger partial charge is 0.497 e. The number of hydrogen-bond acceptors (Lipinski definition) is 5. The molecule has 0 fully saturated rings. The van der Waals surface area contributed by atoms with Crippen molar-refractivity contribution < 1.29 is 9.53 Å². The van der Waals surface area contributed by atoms with Gasteiger partial charge in [0.05, 0.1) is 29.0 Å². The molecular formula is C30H24N4O3S. The number of ether oxygens (including phenoxy) is 1. The zero-order valence-corrected chi connectivity index (χ0v) is 21.6. The first-order valence-electron chi connectivity index (χ1n) is 12.1. The second-order valence-corrected chi connectivity index (χ2v) is 9.98. The summed E-state index contributed by atoms with van der Waals surface area (Å²) in [4.78, 5) is 36.1. The Kier molecular flexibility index (Phi) is 6.01. The van der Waals surface area contributed by atoms with E-state index in [0.29, 0.717) is 32.0 Å². The molecule has 38 heavy (non-hydrogen) atoms. The van der Waals surface area contributed by atoms with Gasteiger partial charge in [0, 0.05) is 28.4 Å². The average molecular weight is 521 g/mol. The number of nitrogens with zero attached hydrogens (tertiary/aromatic N) is 2. The number of amides is 1. The molecule has 8 heteroatoms. The molecule has 1 aliphatic heterocycles. The molecule has 0 saturated heterocycles. The molecule has 7 nitrogen and oxygen atoms in total. The van der Waals surface area contributed by atoms with E-state index in [0.717, 1.165) is 22.0 Å². The quantitative estimate of drug-likeness (QED) is 0.361. The maximum atomic E-state index is 13.9. The summed E-state index contributed by atoms with van der Waals surface area (Å²) in [6.07, 6.45) is 3.78. The Morgan fingerprint density at radius 3 is 2.68 bits per heavy atom. The van der Waals surface area contributed by atoms with Crippen LogP contribution in [0, 0.1) is 0 Å². The molecule has 0 saturated carbocycles. The Bertz CT molecular complexity index is 1900. The Labute approximate surface area is 222 Å². The Hall–Kier alpha value is -4.69. The minimum Gasteiger partial charge on any atom is -0.497 e. The van der Waals surface area contributed by atoms with E-state index in [-0.39, 0.29) is 11.5 Å². The van der Waals surface area contributed by atoms with Crippen LogP contribution in [0.1, 0.15) is 24.1 Å². The number of carbonyl (C=O) groups is 1. The summed E-state index contributed by atoms with van der Waals surface area (Å²) in [5.41, 5.74) is 4.11. The first kappa shape index (κ1) is 23.7. The molecule has 1 amide bonds. The predicted molar refractivity (Wildman–Crippen MR) is 150 cm³/mol. The number of benzene rings is 3. The lowest BCUT2D eigenvalue weighted by molar-refractivity contribution is -0.113. The minimum absolute atomic E-state index is 0.204. The maximum Gasteiger partial charge on any atom is 0.271 e. The molecule has 2 aromatic heterocycles. The van der Waals surface area contributed by atoms with Crippen molar-refractivity contribution in [2.45, 2.75) is 13.0 Å². The molecule has 188 valence electrons. The summed E-state index contributed by atoms with van der Waals surface area (Å²) in [6, 6.07) is 24.0. The van der Waals surface area contributed by atoms with Crippen LogP contribution < -0.4 is 24.9 Å². The molecule has 0 spiro atoms. The highest BCUT2D eigenvalue weighted by Crippen LogP contribution is 2.32. The van der Waals surface area contributed by atoms with Crippen molar-refractivity contribution in [1.29, 1.82) is 0 Å². The maximum absolute atomic E-state index is 13.9. The summed E-state index contributed by atoms with van der Waals surface area (Å²) in [5.74, 6) is 0.331. The lowest BCUT2D eigenvalue weighted by atomic mass is 9.95. The third-order valence-corrected chi connectivity index (χ3v) is 7.60. The fraction of sp³-hybridized carbons (Fsp3) is 0.100. The Balaban J connectivity index is 1.53. The second-order valence-electron chi connectivity index (χ2n) is 8.97. The van der Waals surface area contributed by atoms with Crippen LogP contribution in [0.3, 0.4) is 0 Å². The average Bonchev–Trinajstić information content (AvgIpc) is 3.48. The van der Waals surface area contributed by atoms with Gasteiger partial charge < -0.3 is 15.0 Å². The van der Waals surface area contributed by atoms with Crippen molar-refractivity contribution in [3.05, 3.63) is 127 Å². The van der Waals surface area contributed by atoms with Gasteiger partial charge in [0.25, 0.3) is 11.5 Å². The highest BCUT2D eigenvalue weighted by Gasteiger charge is 2.32. The van der Waals surface area contributed by atoms with Crippen molar-refractivity contribution in [3.8, 4) is 5.75 Å². The summed E-state index contributed by atoms with van der Waals surface area (Å²) < 4.78 is 7.62. The van der Waals surface area contributed by atoms with Crippen LogP contribution in [0.25, 0.3) is 17.0 Å². The van der Waals surface area contributed by atoms with Crippen LogP contribution in [0.5, 0.6) is 5.75 Å². The SMILES string of the molecule is COc1cccc(C2C(C(=O)Nc3ccccc3)=C(C)N=c3s/c(=C\c4c[nH]c5ccccc45)c(=O)n32)c1. The van der Waals surface area contributed by atoms with Crippen molar-refractivity contribution in [2.75, 3.05) is 12.4 Å². The second kappa shape index (κ2) is 9.64. The van der Waals surface area contributed by atoms with E-state index in [1.54, 1.807) is 11.7 Å². The molecule has 6 rings (SSSR count). The smallest absolute Gasteiger partial charge is 0.271 e. The topological polar surface area (TPSA) is 88.5 Å². The zero-order valence-electron chi connectivity index (χ0n) is 20.8. The monoisotopic (exact) mass is 520 g/mol. The van der Waals surface area contributed by atoms with Crippen molar-refractivity contribution >= 4 is 39.9 Å². The van der Waals surface area contributed by atoms with Gasteiger partial charge in [0.1, 0.15) is 5.75 Å². The van der Waals surface area contributed by atoms with E-state index in [9.17, 15) is 9.59 Å². The molecule has 1 aliphatic rings. The molecule has 1 unspecified atom stereocenters. The Morgan fingerprint density at radius 2 is 1.87 bits per heavy atom. The van der Waals surface area contributed by atoms with Gasteiger partial charge in [-0.15, -0.1) is 0 Å². The molecular weight excluding hydrogens is 496 g/mol. The van der Waals surface area contributed by atoms with E-state index in [1.807, 2.05) is 98.1 Å². The van der Waals surface area contributed by atoms with E-state index in [2.05, 4.69) is 10.3 Å². The number of nitrogens with one attached hydrogen (secondary N) is 2. The standard InChI is InChI=1S/C30H24N4O3S/c1-18-26(28(35)33-21-10-4-3-5-11-21)27(19-9-8-12-22(15-19)37-2)34-29(36)25(38-30(34)32-18)16-20-17-31-24-14-7-6-13-23(20)24/h3-17,27,31H,1-2H3,(H,33,35)/b25-16-. The van der Waals surface area contributed by atoms with Crippen molar-refractivity contribution in [2.24, 2.45) is 4.99 Å². The fourth-order valence-corrected chi connectivity index (χ4v) is 5.85. The van der Waals surface area contributed by atoms with Crippen LogP contribution >= 0.6 is 11.3 Å². The molecule has 5 aromatic rings. The molecule has 1 atom stereocenters. The lowest BCUT2D eigenvalue weighted by Gasteiger charge is -2.25. The van der Waals surface area contributed by atoms with Crippen molar-refractivity contribution in [1.82, 2.24) is 9.55 Å². The van der Waals surface area contributed by atoms with Gasteiger partial charge in [-0.3, -0.25) is 14.2 Å². The van der Waals surface area contributed by atoms with Gasteiger partial charge >= 0.3 is 0 Å². The number of aromatic amines is 1. The van der Waals surface area contributed by atoms with E-state index in [4.69, 9.17) is 9.73 Å². The first-order valence-corrected chi connectivity index (χ1v) is 12.9. The number of thiazole rings is 1. The summed E-state index contributed by atoms with van der Waals surface area (Å²) in [6.45, 7) is 1.81. The third kappa shape index (κ3) is 4.14. The van der Waals surface area contributed by atoms with E-state index < -0.39 is 6.04 Å². The van der Waals surface area contributed by atoms with Crippen LogP contribution in [0.2, 0.25) is 0 Å². The van der Waals surface area contributed by atoms with Gasteiger partial charge in [-0.25, -0.2) is 4.99 Å². The first-order chi connectivity index (χ1) is 18.5. The molecule has 0 radical (unpaired) electrons. The van der Waals surface area contributed by atoms with Crippen LogP contribution in [-0.2, 0) is 4.79 Å². The van der Waals surface area contributed by atoms with Crippen LogP contribution in [0.15, 0.2) is 106 Å². The van der Waals surface area contributed by atoms with Crippen LogP contribution in [-0.4, -0.2) is 22.6 Å². The number of fused-ring (bicyclic) bond motifs is 2. The number of H-pyrrole nitrogens is 1. The summed E-state index contributed by atoms with van der Waals surface area (Å²) in [5, 5.41) is 4.00. The van der Waals surface area contributed by atoms with Crippen LogP contribution in [0.4, 0.5) is 5.69 Å². The van der Waals surface area contributed by atoms with E-state index >= 15 is 0 Å². The molecule has 0 aliphatic carbocycles. The number of methoxy groups -OCH3 is 1. The summed E-state index contributed by atoms with van der Waals surface area (Å²) in [7, 11) is 1.59. The molecule has 3 heterocycles. The van der Waals surface area contributed by atoms with Gasteiger partial charge in [-0.05, 0) is 48.9 Å².